The number of ether oxygens (including phenoxy) is 2. The van der Waals surface area contributed by atoms with Gasteiger partial charge in [-0.2, -0.15) is 0 Å². The van der Waals surface area contributed by atoms with E-state index in [1.807, 2.05) is 32.0 Å². The Balaban J connectivity index is 2.00. The normalized spacial score (nSPS) is 10.4. The Kier molecular flexibility index (Phi) is 7.39. The first kappa shape index (κ1) is 19.7. The quantitative estimate of drug-likeness (QED) is 0.369. The Labute approximate surface area is 155 Å². The number of unbranched alkanes of at least 4 members (excludes halogenated alkanes) is 3. The van der Waals surface area contributed by atoms with Crippen LogP contribution in [0.2, 0.25) is 0 Å². The summed E-state index contributed by atoms with van der Waals surface area (Å²) in [4.78, 5) is 24.5. The van der Waals surface area contributed by atoms with Gasteiger partial charge in [0.2, 0.25) is 0 Å². The van der Waals surface area contributed by atoms with Crippen LogP contribution < -0.4 is 4.74 Å². The molecular weight excluding hydrogens is 328 g/mol. The number of hydrogen-bond acceptors (Lipinski definition) is 4. The van der Waals surface area contributed by atoms with Gasteiger partial charge in [-0.15, -0.1) is 0 Å². The van der Waals surface area contributed by atoms with Crippen molar-refractivity contribution < 1.29 is 19.1 Å². The molecule has 0 fully saturated rings. The van der Waals surface area contributed by atoms with Crippen molar-refractivity contribution in [3.05, 3.63) is 64.7 Å². The second-order valence-electron chi connectivity index (χ2n) is 6.44. The molecule has 0 aliphatic heterocycles. The fourth-order valence-electron chi connectivity index (χ4n) is 2.53. The molecule has 0 unspecified atom stereocenters. The number of aryl methyl sites for hydroxylation is 2. The summed E-state index contributed by atoms with van der Waals surface area (Å²) >= 11 is 0. The van der Waals surface area contributed by atoms with E-state index in [2.05, 4.69) is 6.92 Å². The second kappa shape index (κ2) is 9.76. The smallest absolute Gasteiger partial charge is 0.343 e. The molecule has 0 aliphatic rings. The summed E-state index contributed by atoms with van der Waals surface area (Å²) in [5.41, 5.74) is 2.58. The van der Waals surface area contributed by atoms with Gasteiger partial charge in [0.05, 0.1) is 17.7 Å². The maximum atomic E-state index is 12.4. The van der Waals surface area contributed by atoms with E-state index < -0.39 is 11.9 Å². The number of carbonyl (C=O) groups is 2. The topological polar surface area (TPSA) is 52.6 Å². The van der Waals surface area contributed by atoms with Crippen molar-refractivity contribution in [2.75, 3.05) is 6.61 Å². The third-order valence-corrected chi connectivity index (χ3v) is 4.11. The van der Waals surface area contributed by atoms with E-state index in [4.69, 9.17) is 9.47 Å². The van der Waals surface area contributed by atoms with Crippen molar-refractivity contribution in [3.63, 3.8) is 0 Å². The maximum absolute atomic E-state index is 12.4. The van der Waals surface area contributed by atoms with Gasteiger partial charge in [0.1, 0.15) is 5.75 Å². The van der Waals surface area contributed by atoms with E-state index in [1.165, 1.54) is 6.07 Å². The second-order valence-corrected chi connectivity index (χ2v) is 6.44. The summed E-state index contributed by atoms with van der Waals surface area (Å²) in [7, 11) is 0. The zero-order valence-corrected chi connectivity index (χ0v) is 15.7. The summed E-state index contributed by atoms with van der Waals surface area (Å²) in [6.07, 6.45) is 4.18. The average molecular weight is 354 g/mol. The highest BCUT2D eigenvalue weighted by molar-refractivity contribution is 5.96. The van der Waals surface area contributed by atoms with Gasteiger partial charge in [0, 0.05) is 0 Å². The maximum Gasteiger partial charge on any atom is 0.343 e. The fraction of sp³-hybridized carbons (Fsp3) is 0.364. The number of carbonyl (C=O) groups excluding carboxylic acids is 2. The van der Waals surface area contributed by atoms with Crippen molar-refractivity contribution in [2.45, 2.75) is 46.5 Å². The van der Waals surface area contributed by atoms with Crippen molar-refractivity contribution in [3.8, 4) is 5.75 Å². The molecular formula is C22H26O4. The van der Waals surface area contributed by atoms with Crippen molar-refractivity contribution >= 4 is 11.9 Å². The molecule has 0 aromatic heterocycles. The van der Waals surface area contributed by atoms with Gasteiger partial charge >= 0.3 is 11.9 Å². The van der Waals surface area contributed by atoms with Crippen LogP contribution in [-0.2, 0) is 4.74 Å². The van der Waals surface area contributed by atoms with Crippen LogP contribution in [0.1, 0.15) is 64.4 Å². The monoisotopic (exact) mass is 354 g/mol. The molecule has 2 aromatic rings. The number of benzene rings is 2. The zero-order chi connectivity index (χ0) is 18.9. The largest absolute Gasteiger partial charge is 0.462 e. The molecule has 4 nitrogen and oxygen atoms in total. The van der Waals surface area contributed by atoms with Gasteiger partial charge in [-0.3, -0.25) is 0 Å². The van der Waals surface area contributed by atoms with Crippen LogP contribution in [0.15, 0.2) is 42.5 Å². The first-order chi connectivity index (χ1) is 12.5. The minimum Gasteiger partial charge on any atom is -0.462 e. The van der Waals surface area contributed by atoms with Crippen LogP contribution in [0, 0.1) is 13.8 Å². The highest BCUT2D eigenvalue weighted by Gasteiger charge is 2.14. The molecule has 0 atom stereocenters. The van der Waals surface area contributed by atoms with Gasteiger partial charge in [0.15, 0.2) is 0 Å². The minimum atomic E-state index is -0.490. The summed E-state index contributed by atoms with van der Waals surface area (Å²) in [5.74, 6) is -0.377. The van der Waals surface area contributed by atoms with Crippen LogP contribution in [-0.4, -0.2) is 18.5 Å². The molecule has 2 aromatic carbocycles. The molecule has 0 radical (unpaired) electrons. The molecule has 0 amide bonds. The number of rotatable bonds is 8. The van der Waals surface area contributed by atoms with E-state index in [1.54, 1.807) is 18.2 Å². The third-order valence-electron chi connectivity index (χ3n) is 4.11. The van der Waals surface area contributed by atoms with Gasteiger partial charge in [0.25, 0.3) is 0 Å². The lowest BCUT2D eigenvalue weighted by Crippen LogP contribution is -2.12. The highest BCUT2D eigenvalue weighted by atomic mass is 16.5. The van der Waals surface area contributed by atoms with Crippen LogP contribution in [0.4, 0.5) is 0 Å². The number of esters is 2. The summed E-state index contributed by atoms with van der Waals surface area (Å²) < 4.78 is 10.8. The summed E-state index contributed by atoms with van der Waals surface area (Å²) in [5, 5.41) is 0. The van der Waals surface area contributed by atoms with Crippen molar-refractivity contribution in [1.29, 1.82) is 0 Å². The van der Waals surface area contributed by atoms with Gasteiger partial charge in [-0.25, -0.2) is 9.59 Å². The Bertz CT molecular complexity index is 764. The lowest BCUT2D eigenvalue weighted by atomic mass is 10.1. The lowest BCUT2D eigenvalue weighted by molar-refractivity contribution is 0.0498. The number of hydrogen-bond donors (Lipinski definition) is 0. The van der Waals surface area contributed by atoms with E-state index >= 15 is 0 Å². The van der Waals surface area contributed by atoms with Crippen LogP contribution >= 0.6 is 0 Å². The Morgan fingerprint density at radius 3 is 2.35 bits per heavy atom. The minimum absolute atomic E-state index is 0.325. The first-order valence-electron chi connectivity index (χ1n) is 9.08. The predicted octanol–water partition coefficient (Wildman–Crippen LogP) is 5.26. The third kappa shape index (κ3) is 5.73. The molecule has 26 heavy (non-hydrogen) atoms. The molecule has 4 heteroatoms. The molecule has 0 spiro atoms. The zero-order valence-electron chi connectivity index (χ0n) is 15.7. The Hall–Kier alpha value is -2.62. The van der Waals surface area contributed by atoms with Crippen molar-refractivity contribution in [1.82, 2.24) is 0 Å². The van der Waals surface area contributed by atoms with Gasteiger partial charge < -0.3 is 9.47 Å². The Morgan fingerprint density at radius 2 is 1.62 bits per heavy atom. The van der Waals surface area contributed by atoms with Gasteiger partial charge in [-0.05, 0) is 55.7 Å². The van der Waals surface area contributed by atoms with E-state index in [-0.39, 0.29) is 0 Å². The molecule has 0 saturated carbocycles. The van der Waals surface area contributed by atoms with Gasteiger partial charge in [-0.1, -0.05) is 44.4 Å². The fourth-order valence-corrected chi connectivity index (χ4v) is 2.53. The van der Waals surface area contributed by atoms with E-state index in [9.17, 15) is 9.59 Å². The predicted molar refractivity (Wildman–Crippen MR) is 102 cm³/mol. The summed E-state index contributed by atoms with van der Waals surface area (Å²) in [6, 6.07) is 12.1. The average Bonchev–Trinajstić information content (AvgIpc) is 2.64. The molecule has 0 aliphatic carbocycles. The van der Waals surface area contributed by atoms with Crippen LogP contribution in [0.3, 0.4) is 0 Å². The first-order valence-corrected chi connectivity index (χ1v) is 9.08. The highest BCUT2D eigenvalue weighted by Crippen LogP contribution is 2.21. The molecule has 0 saturated heterocycles. The SMILES string of the molecule is CCCCCCOC(=O)c1cccc(C(=O)Oc2cc(C)ccc2C)c1. The molecule has 0 N–H and O–H groups in total. The van der Waals surface area contributed by atoms with E-state index in [0.717, 1.165) is 36.8 Å². The van der Waals surface area contributed by atoms with Crippen LogP contribution in [0.25, 0.3) is 0 Å². The van der Waals surface area contributed by atoms with E-state index in [0.29, 0.717) is 23.5 Å². The molecule has 0 heterocycles. The summed E-state index contributed by atoms with van der Waals surface area (Å²) in [6.45, 7) is 6.35. The Morgan fingerprint density at radius 1 is 0.885 bits per heavy atom. The van der Waals surface area contributed by atoms with Crippen LogP contribution in [0.5, 0.6) is 5.75 Å². The van der Waals surface area contributed by atoms with Crippen molar-refractivity contribution in [2.24, 2.45) is 0 Å². The molecule has 138 valence electrons. The lowest BCUT2D eigenvalue weighted by Gasteiger charge is -2.09. The molecule has 0 bridgehead atoms. The standard InChI is InChI=1S/C22H26O4/c1-4-5-6-7-13-25-21(23)18-9-8-10-19(15-18)22(24)26-20-14-16(2)11-12-17(20)3/h8-12,14-15H,4-7,13H2,1-3H3. The molecule has 2 rings (SSSR count).